The average Bonchev–Trinajstić information content (AvgIpc) is 2.79. The number of aryl methyl sites for hydroxylation is 1. The van der Waals surface area contributed by atoms with Crippen molar-refractivity contribution >= 4 is 41.5 Å². The molecule has 1 aromatic rings. The number of nitrogens with one attached hydrogen (secondary N) is 2. The summed E-state index contributed by atoms with van der Waals surface area (Å²) in [5, 5.41) is 5.86. The molecule has 9 heteroatoms. The molecule has 0 unspecified atom stereocenters. The molecule has 0 radical (unpaired) electrons. The lowest BCUT2D eigenvalue weighted by Crippen LogP contribution is -2.42. The number of rotatable bonds is 14. The Morgan fingerprint density at radius 1 is 1.03 bits per heavy atom. The molecule has 0 fully saturated rings. The molecule has 0 aliphatic heterocycles. The predicted molar refractivity (Wildman–Crippen MR) is 151 cm³/mol. The second-order valence-corrected chi connectivity index (χ2v) is 12.0. The number of alkyl carbamates (subject to hydrolysis) is 1. The highest BCUT2D eigenvalue weighted by atomic mass is 32.2. The molecule has 0 aliphatic rings. The molecule has 2 atom stereocenters. The third kappa shape index (κ3) is 11.9. The van der Waals surface area contributed by atoms with Crippen LogP contribution in [0.3, 0.4) is 0 Å². The van der Waals surface area contributed by atoms with Crippen molar-refractivity contribution in [2.75, 3.05) is 31.1 Å². The Bertz CT molecular complexity index is 855. The number of ether oxygens (including phenoxy) is 2. The zero-order chi connectivity index (χ0) is 27.3. The average molecular weight is 541 g/mol. The maximum absolute atomic E-state index is 13.2. The summed E-state index contributed by atoms with van der Waals surface area (Å²) >= 11 is 3.30. The van der Waals surface area contributed by atoms with Gasteiger partial charge in [0.05, 0.1) is 7.11 Å². The van der Waals surface area contributed by atoms with Crippen molar-refractivity contribution in [1.29, 1.82) is 0 Å². The van der Waals surface area contributed by atoms with Crippen LogP contribution in [0.2, 0.25) is 0 Å². The van der Waals surface area contributed by atoms with E-state index in [1.807, 2.05) is 59.3 Å². The minimum atomic E-state index is -0.676. The molecular formula is C27H44N2O5S2. The summed E-state index contributed by atoms with van der Waals surface area (Å²) in [6.07, 6.45) is 6.50. The van der Waals surface area contributed by atoms with E-state index in [4.69, 9.17) is 9.47 Å². The zero-order valence-electron chi connectivity index (χ0n) is 23.1. The van der Waals surface area contributed by atoms with E-state index < -0.39 is 23.7 Å². The fraction of sp³-hybridized carbons (Fsp3) is 0.667. The van der Waals surface area contributed by atoms with E-state index in [2.05, 4.69) is 16.7 Å². The van der Waals surface area contributed by atoms with E-state index in [0.717, 1.165) is 41.9 Å². The Labute approximate surface area is 225 Å². The fourth-order valence-electron chi connectivity index (χ4n) is 3.75. The minimum absolute atomic E-state index is 0.00445. The molecule has 1 aromatic carbocycles. The Kier molecular flexibility index (Phi) is 14.4. The fourth-order valence-corrected chi connectivity index (χ4v) is 4.87. The third-order valence-corrected chi connectivity index (χ3v) is 6.87. The van der Waals surface area contributed by atoms with Crippen molar-refractivity contribution in [3.63, 3.8) is 0 Å². The van der Waals surface area contributed by atoms with Crippen LogP contribution < -0.4 is 10.6 Å². The van der Waals surface area contributed by atoms with Crippen LogP contribution in [0, 0.1) is 0 Å². The Balaban J connectivity index is 2.92. The van der Waals surface area contributed by atoms with E-state index in [1.54, 1.807) is 23.5 Å². The van der Waals surface area contributed by atoms with E-state index in [-0.39, 0.29) is 17.9 Å². The highest BCUT2D eigenvalue weighted by Crippen LogP contribution is 2.23. The molecule has 2 amide bonds. The van der Waals surface area contributed by atoms with Crippen LogP contribution in [0.1, 0.15) is 81.3 Å². The molecule has 204 valence electrons. The molecule has 2 N–H and O–H groups in total. The van der Waals surface area contributed by atoms with Crippen LogP contribution in [0.5, 0.6) is 0 Å². The maximum Gasteiger partial charge on any atom is 0.407 e. The highest BCUT2D eigenvalue weighted by molar-refractivity contribution is 7.98. The molecule has 0 saturated carbocycles. The number of benzene rings is 1. The van der Waals surface area contributed by atoms with E-state index in [9.17, 15) is 14.4 Å². The molecule has 7 nitrogen and oxygen atoms in total. The van der Waals surface area contributed by atoms with Crippen molar-refractivity contribution in [3.8, 4) is 0 Å². The van der Waals surface area contributed by atoms with Crippen LogP contribution in [0.4, 0.5) is 4.79 Å². The lowest BCUT2D eigenvalue weighted by molar-refractivity contribution is -0.142. The largest absolute Gasteiger partial charge is 0.467 e. The lowest BCUT2D eigenvalue weighted by Gasteiger charge is -2.23. The van der Waals surface area contributed by atoms with Gasteiger partial charge in [-0.2, -0.15) is 23.5 Å². The van der Waals surface area contributed by atoms with Gasteiger partial charge in [0.25, 0.3) is 5.91 Å². The first-order valence-electron chi connectivity index (χ1n) is 12.4. The predicted octanol–water partition coefficient (Wildman–Crippen LogP) is 5.41. The van der Waals surface area contributed by atoms with Gasteiger partial charge in [0, 0.05) is 17.4 Å². The SMILES string of the molecule is COC(=O)[C@@H](CCSC)NC(=O)c1cc(CCC[C@H](CSC)NC(=O)OC(C)(C)C)ccc1C(C)C. The molecule has 0 spiro atoms. The topological polar surface area (TPSA) is 93.7 Å². The summed E-state index contributed by atoms with van der Waals surface area (Å²) in [6.45, 7) is 9.64. The quantitative estimate of drug-likeness (QED) is 0.305. The Morgan fingerprint density at radius 3 is 2.28 bits per heavy atom. The van der Waals surface area contributed by atoms with Crippen LogP contribution in [0.15, 0.2) is 18.2 Å². The van der Waals surface area contributed by atoms with Crippen molar-refractivity contribution in [3.05, 3.63) is 34.9 Å². The number of esters is 1. The molecule has 1 rings (SSSR count). The second kappa shape index (κ2) is 16.1. The van der Waals surface area contributed by atoms with Gasteiger partial charge in [0.1, 0.15) is 11.6 Å². The second-order valence-electron chi connectivity index (χ2n) is 10.1. The number of hydrogen-bond donors (Lipinski definition) is 2. The van der Waals surface area contributed by atoms with Crippen molar-refractivity contribution < 1.29 is 23.9 Å². The van der Waals surface area contributed by atoms with Crippen molar-refractivity contribution in [2.45, 2.75) is 83.9 Å². The van der Waals surface area contributed by atoms with Gasteiger partial charge in [-0.05, 0) is 87.8 Å². The van der Waals surface area contributed by atoms with Gasteiger partial charge in [-0.1, -0.05) is 26.0 Å². The normalized spacial score (nSPS) is 13.1. The summed E-state index contributed by atoms with van der Waals surface area (Å²) in [5.41, 5.74) is 2.04. The van der Waals surface area contributed by atoms with Crippen LogP contribution in [-0.4, -0.2) is 66.8 Å². The molecule has 0 heterocycles. The van der Waals surface area contributed by atoms with Crippen molar-refractivity contribution in [1.82, 2.24) is 10.6 Å². The Hall–Kier alpha value is -1.87. The smallest absolute Gasteiger partial charge is 0.407 e. The number of carbonyl (C=O) groups is 3. The van der Waals surface area contributed by atoms with Gasteiger partial charge >= 0.3 is 12.1 Å². The summed E-state index contributed by atoms with van der Waals surface area (Å²) in [4.78, 5) is 37.6. The first-order chi connectivity index (χ1) is 16.9. The summed E-state index contributed by atoms with van der Waals surface area (Å²) < 4.78 is 10.3. The molecule has 0 saturated heterocycles. The van der Waals surface area contributed by atoms with Crippen LogP contribution in [-0.2, 0) is 20.7 Å². The van der Waals surface area contributed by atoms with Gasteiger partial charge in [0.2, 0.25) is 0 Å². The number of amides is 2. The number of thioether (sulfide) groups is 2. The summed E-state index contributed by atoms with van der Waals surface area (Å²) in [7, 11) is 1.34. The molecule has 0 aromatic heterocycles. The standard InChI is InChI=1S/C27H44N2O5S2/c1-18(2)21-13-12-19(10-9-11-20(17-36-8)28-26(32)34-27(3,4)5)16-22(21)24(30)29-23(14-15-35-7)25(31)33-6/h12-13,16,18,20,23H,9-11,14-15,17H2,1-8H3,(H,28,32)(H,29,30)/t20-,23-/m1/s1. The van der Waals surface area contributed by atoms with E-state index >= 15 is 0 Å². The highest BCUT2D eigenvalue weighted by Gasteiger charge is 2.24. The van der Waals surface area contributed by atoms with Gasteiger partial charge in [-0.3, -0.25) is 4.79 Å². The van der Waals surface area contributed by atoms with Gasteiger partial charge < -0.3 is 20.1 Å². The molecule has 36 heavy (non-hydrogen) atoms. The third-order valence-electron chi connectivity index (χ3n) is 5.49. The lowest BCUT2D eigenvalue weighted by atomic mass is 9.93. The summed E-state index contributed by atoms with van der Waals surface area (Å²) in [6, 6.07) is 5.32. The number of methoxy groups -OCH3 is 1. The number of carbonyl (C=O) groups excluding carboxylic acids is 3. The van der Waals surface area contributed by atoms with E-state index in [0.29, 0.717) is 12.0 Å². The van der Waals surface area contributed by atoms with Gasteiger partial charge in [0.15, 0.2) is 0 Å². The molecule has 0 aliphatic carbocycles. The first kappa shape index (κ1) is 32.2. The number of hydrogen-bond acceptors (Lipinski definition) is 7. The molecule has 0 bridgehead atoms. The van der Waals surface area contributed by atoms with Crippen molar-refractivity contribution in [2.24, 2.45) is 0 Å². The molecular weight excluding hydrogens is 496 g/mol. The minimum Gasteiger partial charge on any atom is -0.467 e. The van der Waals surface area contributed by atoms with Crippen LogP contribution >= 0.6 is 23.5 Å². The Morgan fingerprint density at radius 2 is 1.72 bits per heavy atom. The monoisotopic (exact) mass is 540 g/mol. The van der Waals surface area contributed by atoms with E-state index in [1.165, 1.54) is 7.11 Å². The first-order valence-corrected chi connectivity index (χ1v) is 15.2. The van der Waals surface area contributed by atoms with Gasteiger partial charge in [-0.25, -0.2) is 9.59 Å². The summed E-state index contributed by atoms with van der Waals surface area (Å²) in [5.74, 6) is 1.00. The maximum atomic E-state index is 13.2. The van der Waals surface area contributed by atoms with Crippen LogP contribution in [0.25, 0.3) is 0 Å². The zero-order valence-corrected chi connectivity index (χ0v) is 24.7. The van der Waals surface area contributed by atoms with Gasteiger partial charge in [-0.15, -0.1) is 0 Å².